The summed E-state index contributed by atoms with van der Waals surface area (Å²) in [5, 5.41) is 0. The largest absolute Gasteiger partial charge is 0.414 e. The minimum atomic E-state index is -1.26. The minimum Gasteiger partial charge on any atom is -0.414 e. The Hall–Kier alpha value is 0.177. The molecule has 2 unspecified atom stereocenters. The van der Waals surface area contributed by atoms with Crippen LogP contribution in [0.5, 0.6) is 0 Å². The van der Waals surface area contributed by atoms with Crippen LogP contribution in [0.4, 0.5) is 0 Å². The van der Waals surface area contributed by atoms with Gasteiger partial charge < -0.3 is 4.43 Å². The van der Waals surface area contributed by atoms with Crippen molar-refractivity contribution >= 4 is 8.32 Å². The van der Waals surface area contributed by atoms with E-state index in [-0.39, 0.29) is 0 Å². The summed E-state index contributed by atoms with van der Waals surface area (Å²) in [6, 6.07) is 3.88. The molecular weight excluding hydrogens is 164 g/mol. The van der Waals surface area contributed by atoms with Crippen molar-refractivity contribution in [3.05, 3.63) is 0 Å². The van der Waals surface area contributed by atoms with E-state index in [1.807, 2.05) is 0 Å². The number of rotatable bonds is 5. The molecular formula is C10H22OSi. The van der Waals surface area contributed by atoms with Gasteiger partial charge in [0, 0.05) is 6.10 Å². The van der Waals surface area contributed by atoms with Gasteiger partial charge in [0.15, 0.2) is 8.32 Å². The third-order valence-corrected chi connectivity index (χ3v) is 8.04. The smallest absolute Gasteiger partial charge is 0.192 e. The summed E-state index contributed by atoms with van der Waals surface area (Å²) in [4.78, 5) is 0. The van der Waals surface area contributed by atoms with Gasteiger partial charge in [0.05, 0.1) is 0 Å². The maximum absolute atomic E-state index is 6.25. The molecule has 1 fully saturated rings. The standard InChI is InChI=1S/C10H22OSi/c1-5-12(6-2,7-3)11-10-8-9(10)4/h9-10H,5-8H2,1-4H3. The van der Waals surface area contributed by atoms with E-state index < -0.39 is 8.32 Å². The van der Waals surface area contributed by atoms with Gasteiger partial charge in [-0.2, -0.15) is 0 Å². The molecule has 0 radical (unpaired) electrons. The van der Waals surface area contributed by atoms with Gasteiger partial charge >= 0.3 is 0 Å². The molecule has 0 saturated heterocycles. The summed E-state index contributed by atoms with van der Waals surface area (Å²) in [6.45, 7) is 9.19. The van der Waals surface area contributed by atoms with Crippen molar-refractivity contribution in [1.29, 1.82) is 0 Å². The quantitative estimate of drug-likeness (QED) is 0.598. The Kier molecular flexibility index (Phi) is 3.35. The van der Waals surface area contributed by atoms with E-state index in [0.717, 1.165) is 5.92 Å². The predicted molar refractivity (Wildman–Crippen MR) is 55.9 cm³/mol. The Balaban J connectivity index is 2.41. The summed E-state index contributed by atoms with van der Waals surface area (Å²) >= 11 is 0. The SMILES string of the molecule is CC[Si](CC)(CC)OC1CC1C. The zero-order valence-corrected chi connectivity index (χ0v) is 9.89. The van der Waals surface area contributed by atoms with E-state index in [2.05, 4.69) is 27.7 Å². The van der Waals surface area contributed by atoms with Crippen molar-refractivity contribution < 1.29 is 4.43 Å². The zero-order chi connectivity index (χ0) is 9.19. The highest BCUT2D eigenvalue weighted by atomic mass is 28.4. The van der Waals surface area contributed by atoms with E-state index in [0.29, 0.717) is 6.10 Å². The second kappa shape index (κ2) is 3.92. The predicted octanol–water partition coefficient (Wildman–Crippen LogP) is 3.42. The fourth-order valence-corrected chi connectivity index (χ4v) is 4.74. The van der Waals surface area contributed by atoms with E-state index in [9.17, 15) is 0 Å². The lowest BCUT2D eigenvalue weighted by molar-refractivity contribution is 0.270. The highest BCUT2D eigenvalue weighted by Crippen LogP contribution is 2.38. The third kappa shape index (κ3) is 2.11. The van der Waals surface area contributed by atoms with Crippen LogP contribution in [0.25, 0.3) is 0 Å². The highest BCUT2D eigenvalue weighted by molar-refractivity contribution is 6.73. The molecule has 2 atom stereocenters. The molecule has 12 heavy (non-hydrogen) atoms. The first-order valence-electron chi connectivity index (χ1n) is 5.35. The molecule has 2 heteroatoms. The molecule has 1 rings (SSSR count). The molecule has 0 aromatic heterocycles. The van der Waals surface area contributed by atoms with Gasteiger partial charge in [0.2, 0.25) is 0 Å². The first-order valence-corrected chi connectivity index (χ1v) is 7.88. The molecule has 0 amide bonds. The molecule has 0 aliphatic heterocycles. The van der Waals surface area contributed by atoms with Crippen LogP contribution in [-0.4, -0.2) is 14.4 Å². The van der Waals surface area contributed by atoms with Crippen LogP contribution in [-0.2, 0) is 4.43 Å². The second-order valence-corrected chi connectivity index (χ2v) is 8.84. The van der Waals surface area contributed by atoms with E-state index in [1.165, 1.54) is 24.6 Å². The van der Waals surface area contributed by atoms with Crippen molar-refractivity contribution in [2.75, 3.05) is 0 Å². The molecule has 72 valence electrons. The minimum absolute atomic E-state index is 0.636. The Morgan fingerprint density at radius 3 is 1.83 bits per heavy atom. The molecule has 1 aliphatic carbocycles. The topological polar surface area (TPSA) is 9.23 Å². The van der Waals surface area contributed by atoms with Crippen molar-refractivity contribution in [2.24, 2.45) is 5.92 Å². The average molecular weight is 186 g/mol. The van der Waals surface area contributed by atoms with Gasteiger partial charge in [0.1, 0.15) is 0 Å². The maximum Gasteiger partial charge on any atom is 0.192 e. The van der Waals surface area contributed by atoms with Crippen molar-refractivity contribution in [3.63, 3.8) is 0 Å². The summed E-state index contributed by atoms with van der Waals surface area (Å²) in [7, 11) is -1.26. The van der Waals surface area contributed by atoms with Crippen molar-refractivity contribution in [3.8, 4) is 0 Å². The van der Waals surface area contributed by atoms with Crippen LogP contribution >= 0.6 is 0 Å². The molecule has 1 saturated carbocycles. The fourth-order valence-electron chi connectivity index (χ4n) is 1.77. The van der Waals surface area contributed by atoms with Gasteiger partial charge in [-0.1, -0.05) is 27.7 Å². The van der Waals surface area contributed by atoms with Crippen LogP contribution in [0.15, 0.2) is 0 Å². The summed E-state index contributed by atoms with van der Waals surface area (Å²) < 4.78 is 6.25. The molecule has 0 aromatic carbocycles. The Morgan fingerprint density at radius 1 is 1.17 bits per heavy atom. The number of hydrogen-bond donors (Lipinski definition) is 0. The first-order chi connectivity index (χ1) is 5.67. The third-order valence-electron chi connectivity index (χ3n) is 3.37. The Morgan fingerprint density at radius 2 is 1.58 bits per heavy atom. The van der Waals surface area contributed by atoms with Crippen molar-refractivity contribution in [2.45, 2.75) is 58.4 Å². The molecule has 0 N–H and O–H groups in total. The molecule has 0 bridgehead atoms. The molecule has 1 aliphatic rings. The van der Waals surface area contributed by atoms with Crippen LogP contribution < -0.4 is 0 Å². The van der Waals surface area contributed by atoms with Gasteiger partial charge in [-0.05, 0) is 30.5 Å². The average Bonchev–Trinajstić information content (AvgIpc) is 2.78. The lowest BCUT2D eigenvalue weighted by atomic mass is 10.5. The van der Waals surface area contributed by atoms with Crippen LogP contribution in [0, 0.1) is 5.92 Å². The molecule has 0 spiro atoms. The first kappa shape index (κ1) is 10.3. The number of hydrogen-bond acceptors (Lipinski definition) is 1. The van der Waals surface area contributed by atoms with Gasteiger partial charge in [0.25, 0.3) is 0 Å². The normalized spacial score (nSPS) is 29.0. The van der Waals surface area contributed by atoms with Crippen molar-refractivity contribution in [1.82, 2.24) is 0 Å². The summed E-state index contributed by atoms with van der Waals surface area (Å²) in [5.74, 6) is 0.849. The summed E-state index contributed by atoms with van der Waals surface area (Å²) in [5.41, 5.74) is 0. The van der Waals surface area contributed by atoms with Crippen LogP contribution in [0.2, 0.25) is 18.1 Å². The van der Waals surface area contributed by atoms with Gasteiger partial charge in [-0.25, -0.2) is 0 Å². The zero-order valence-electron chi connectivity index (χ0n) is 8.89. The van der Waals surface area contributed by atoms with Gasteiger partial charge in [-0.15, -0.1) is 0 Å². The summed E-state index contributed by atoms with van der Waals surface area (Å²) in [6.07, 6.45) is 1.95. The highest BCUT2D eigenvalue weighted by Gasteiger charge is 2.41. The molecule has 1 nitrogen and oxygen atoms in total. The molecule has 0 heterocycles. The second-order valence-electron chi connectivity index (χ2n) is 4.11. The lowest BCUT2D eigenvalue weighted by Crippen LogP contribution is -2.36. The Bertz CT molecular complexity index is 135. The Labute approximate surface area is 77.6 Å². The van der Waals surface area contributed by atoms with E-state index in [1.54, 1.807) is 0 Å². The fraction of sp³-hybridized carbons (Fsp3) is 1.00. The monoisotopic (exact) mass is 186 g/mol. The van der Waals surface area contributed by atoms with Gasteiger partial charge in [-0.3, -0.25) is 0 Å². The molecule has 0 aromatic rings. The lowest BCUT2D eigenvalue weighted by Gasteiger charge is -2.28. The van der Waals surface area contributed by atoms with Crippen LogP contribution in [0.3, 0.4) is 0 Å². The van der Waals surface area contributed by atoms with Crippen LogP contribution in [0.1, 0.15) is 34.1 Å². The van der Waals surface area contributed by atoms with E-state index >= 15 is 0 Å². The maximum atomic E-state index is 6.25. The van der Waals surface area contributed by atoms with E-state index in [4.69, 9.17) is 4.43 Å².